The van der Waals surface area contributed by atoms with Gasteiger partial charge >= 0.3 is 59.1 Å². The fourth-order valence-electron chi connectivity index (χ4n) is 4.69. The summed E-state index contributed by atoms with van der Waals surface area (Å²) in [5.74, 6) is 0. The summed E-state index contributed by atoms with van der Waals surface area (Å²) in [4.78, 5) is 24.0. The van der Waals surface area contributed by atoms with E-state index in [1.54, 1.807) is 0 Å². The van der Waals surface area contributed by atoms with Crippen molar-refractivity contribution in [2.75, 3.05) is 0 Å². The van der Waals surface area contributed by atoms with Gasteiger partial charge in [-0.05, 0) is 35.1 Å². The van der Waals surface area contributed by atoms with E-state index in [1.807, 2.05) is 121 Å². The fourth-order valence-corrected chi connectivity index (χ4v) is 11.6. The predicted octanol–water partition coefficient (Wildman–Crippen LogP) is 2.19. The molecule has 6 nitrogen and oxygen atoms in total. The third kappa shape index (κ3) is 10.5. The molecular weight excluding hydrogens is 628 g/mol. The van der Waals surface area contributed by atoms with Crippen LogP contribution in [0, 0.1) is 0 Å². The van der Waals surface area contributed by atoms with Crippen molar-refractivity contribution in [3.05, 3.63) is 144 Å². The predicted molar refractivity (Wildman–Crippen MR) is 159 cm³/mol. The van der Waals surface area contributed by atoms with Gasteiger partial charge in [0.25, 0.3) is 0 Å². The van der Waals surface area contributed by atoms with Crippen molar-refractivity contribution in [3.8, 4) is 0 Å². The van der Waals surface area contributed by atoms with Crippen LogP contribution < -0.4 is 68.9 Å². The van der Waals surface area contributed by atoms with Crippen molar-refractivity contribution in [1.82, 2.24) is 0 Å². The molecule has 208 valence electrons. The zero-order valence-corrected chi connectivity index (χ0v) is 30.9. The second-order valence-electron chi connectivity index (χ2n) is 9.38. The first-order valence-electron chi connectivity index (χ1n) is 12.8. The van der Waals surface area contributed by atoms with Crippen LogP contribution in [0.15, 0.2) is 121 Å². The third-order valence-electron chi connectivity index (χ3n) is 6.57. The molecule has 4 aromatic rings. The van der Waals surface area contributed by atoms with Crippen LogP contribution >= 0.6 is 36.4 Å². The Balaban J connectivity index is 0.000000220. The van der Waals surface area contributed by atoms with Gasteiger partial charge in [0, 0.05) is 10.5 Å². The first kappa shape index (κ1) is 36.3. The Morgan fingerprint density at radius 3 is 1.05 bits per heavy atom. The Kier molecular flexibility index (Phi) is 14.7. The molecule has 0 aliphatic carbocycles. The second-order valence-corrected chi connectivity index (χ2v) is 17.1. The standard InChI is InChI=1S/2C15H15O3PS.2Na/c2*16-19(17)18-14(12-7-3-1-4-8-12)11-15(20-19)13-9-5-2-6-10-13;;/h2*1-10,14-15H,11H2,(H,16,17);;/q;;2*+1/p-2/t14-,15+;14-,15-;;/m11../s1. The van der Waals surface area contributed by atoms with E-state index in [9.17, 15) is 18.9 Å². The quantitative estimate of drug-likeness (QED) is 0.244. The van der Waals surface area contributed by atoms with Crippen LogP contribution in [0.4, 0.5) is 0 Å². The van der Waals surface area contributed by atoms with E-state index >= 15 is 0 Å². The van der Waals surface area contributed by atoms with Gasteiger partial charge in [-0.15, -0.1) is 0 Å². The van der Waals surface area contributed by atoms with Crippen molar-refractivity contribution in [3.63, 3.8) is 0 Å². The van der Waals surface area contributed by atoms with E-state index in [-0.39, 0.29) is 69.6 Å². The zero-order valence-electron chi connectivity index (χ0n) is 23.4. The van der Waals surface area contributed by atoms with Gasteiger partial charge in [-0.2, -0.15) is 0 Å². The zero-order chi connectivity index (χ0) is 28.0. The minimum atomic E-state index is -3.86. The summed E-state index contributed by atoms with van der Waals surface area (Å²) >= 11 is 1.84. The normalized spacial score (nSPS) is 28.6. The van der Waals surface area contributed by atoms with Gasteiger partial charge in [-0.3, -0.25) is 9.13 Å². The van der Waals surface area contributed by atoms with Crippen molar-refractivity contribution >= 4 is 36.4 Å². The molecule has 2 fully saturated rings. The molecule has 0 radical (unpaired) electrons. The number of hydrogen-bond acceptors (Lipinski definition) is 8. The van der Waals surface area contributed by atoms with Crippen molar-refractivity contribution < 1.29 is 87.1 Å². The molecule has 2 saturated heterocycles. The van der Waals surface area contributed by atoms with Gasteiger partial charge in [0.1, 0.15) is 0 Å². The third-order valence-corrected chi connectivity index (χ3v) is 13.1. The summed E-state index contributed by atoms with van der Waals surface area (Å²) in [6.07, 6.45) is 0.521. The topological polar surface area (TPSA) is 98.7 Å². The summed E-state index contributed by atoms with van der Waals surface area (Å²) in [6, 6.07) is 38.5. The van der Waals surface area contributed by atoms with Gasteiger partial charge in [0.2, 0.25) is 0 Å². The Morgan fingerprint density at radius 1 is 0.500 bits per heavy atom. The maximum atomic E-state index is 12.0. The first-order chi connectivity index (χ1) is 19.3. The molecule has 0 aromatic heterocycles. The van der Waals surface area contributed by atoms with E-state index in [1.165, 1.54) is 0 Å². The summed E-state index contributed by atoms with van der Waals surface area (Å²) in [5, 5.41) is -0.169. The summed E-state index contributed by atoms with van der Waals surface area (Å²) < 4.78 is 34.5. The molecule has 12 heteroatoms. The molecule has 0 saturated carbocycles. The Morgan fingerprint density at radius 2 is 0.762 bits per heavy atom. The average molecular weight is 657 g/mol. The van der Waals surface area contributed by atoms with Crippen molar-refractivity contribution in [2.45, 2.75) is 35.5 Å². The number of rotatable bonds is 4. The van der Waals surface area contributed by atoms with Crippen LogP contribution in [0.25, 0.3) is 0 Å². The number of hydrogen-bond donors (Lipinski definition) is 0. The van der Waals surface area contributed by atoms with E-state index < -0.39 is 25.8 Å². The largest absolute Gasteiger partial charge is 1.00 e. The molecule has 2 aliphatic heterocycles. The summed E-state index contributed by atoms with van der Waals surface area (Å²) in [6.45, 7) is -7.73. The maximum Gasteiger partial charge on any atom is 1.00 e. The number of benzene rings is 4. The fraction of sp³-hybridized carbons (Fsp3) is 0.200. The molecule has 6 rings (SSSR count). The van der Waals surface area contributed by atoms with Gasteiger partial charge in [0.05, 0.1) is 12.2 Å². The minimum Gasteiger partial charge on any atom is -0.770 e. The monoisotopic (exact) mass is 656 g/mol. The molecule has 4 aromatic carbocycles. The van der Waals surface area contributed by atoms with E-state index in [0.717, 1.165) is 45.0 Å². The van der Waals surface area contributed by atoms with Crippen LogP contribution in [0.3, 0.4) is 0 Å². The molecular formula is C30H28Na2O6P2S2. The second kappa shape index (κ2) is 17.0. The van der Waals surface area contributed by atoms with Crippen LogP contribution in [0.5, 0.6) is 0 Å². The average Bonchev–Trinajstić information content (AvgIpc) is 2.98. The molecule has 6 atom stereocenters. The Bertz CT molecular complexity index is 1260. The SMILES string of the molecule is O=P1([O-])O[C@@H](c2ccccc2)C[C@@H](c2ccccc2)S1.O=P1([O-])O[C@@H](c2ccccc2)C[C@H](c2ccccc2)S1.[Na+].[Na+]. The van der Waals surface area contributed by atoms with Crippen molar-refractivity contribution in [1.29, 1.82) is 0 Å². The molecule has 0 spiro atoms. The van der Waals surface area contributed by atoms with E-state index in [2.05, 4.69) is 0 Å². The molecule has 2 unspecified atom stereocenters. The summed E-state index contributed by atoms with van der Waals surface area (Å²) in [5.41, 5.74) is 3.87. The van der Waals surface area contributed by atoms with Crippen LogP contribution in [-0.4, -0.2) is 0 Å². The Labute approximate surface area is 299 Å². The van der Waals surface area contributed by atoms with E-state index in [0.29, 0.717) is 12.8 Å². The Hall–Kier alpha value is -0.120. The molecule has 0 N–H and O–H groups in total. The van der Waals surface area contributed by atoms with Crippen molar-refractivity contribution in [2.24, 2.45) is 0 Å². The van der Waals surface area contributed by atoms with Crippen LogP contribution in [0.1, 0.15) is 57.8 Å². The first-order valence-corrected chi connectivity index (χ1v) is 18.9. The molecule has 42 heavy (non-hydrogen) atoms. The minimum absolute atomic E-state index is 0. The summed E-state index contributed by atoms with van der Waals surface area (Å²) in [7, 11) is 0. The smallest absolute Gasteiger partial charge is 0.770 e. The van der Waals surface area contributed by atoms with Gasteiger partial charge < -0.3 is 18.8 Å². The molecule has 0 bridgehead atoms. The van der Waals surface area contributed by atoms with E-state index in [4.69, 9.17) is 9.05 Å². The van der Waals surface area contributed by atoms with Gasteiger partial charge in [-0.1, -0.05) is 144 Å². The molecule has 2 aliphatic rings. The van der Waals surface area contributed by atoms with Crippen LogP contribution in [0.2, 0.25) is 0 Å². The van der Waals surface area contributed by atoms with Crippen LogP contribution in [-0.2, 0) is 18.2 Å². The maximum absolute atomic E-state index is 12.0. The molecule has 2 heterocycles. The molecule has 0 amide bonds. The van der Waals surface area contributed by atoms with Gasteiger partial charge in [0.15, 0.2) is 13.6 Å². The van der Waals surface area contributed by atoms with Gasteiger partial charge in [-0.25, -0.2) is 0 Å².